The van der Waals surface area contributed by atoms with Crippen molar-refractivity contribution in [3.63, 3.8) is 0 Å². The molecule has 0 bridgehead atoms. The number of hydrogen-bond acceptors (Lipinski definition) is 8. The van der Waals surface area contributed by atoms with E-state index in [1.807, 2.05) is 19.9 Å². The van der Waals surface area contributed by atoms with Gasteiger partial charge in [-0.3, -0.25) is 4.90 Å². The summed E-state index contributed by atoms with van der Waals surface area (Å²) in [6.45, 7) is 10.3. The third-order valence-electron chi connectivity index (χ3n) is 5.90. The van der Waals surface area contributed by atoms with Crippen LogP contribution in [-0.2, 0) is 10.0 Å². The van der Waals surface area contributed by atoms with E-state index in [0.717, 1.165) is 43.3 Å². The lowest BCUT2D eigenvalue weighted by Gasteiger charge is -2.38. The smallest absolute Gasteiger partial charge is 0.244 e. The molecule has 2 aliphatic heterocycles. The predicted octanol–water partition coefficient (Wildman–Crippen LogP) is 0.977. The lowest BCUT2D eigenvalue weighted by atomic mass is 9.97. The first-order valence-electron chi connectivity index (χ1n) is 10.3. The molecule has 10 heteroatoms. The summed E-state index contributed by atoms with van der Waals surface area (Å²) < 4.78 is 32.6. The molecule has 164 valence electrons. The minimum Gasteiger partial charge on any atom is -0.392 e. The Kier molecular flexibility index (Phi) is 5.84. The number of pyridine rings is 1. The fourth-order valence-corrected chi connectivity index (χ4v) is 5.82. The van der Waals surface area contributed by atoms with Gasteiger partial charge in [0.15, 0.2) is 0 Å². The molecule has 30 heavy (non-hydrogen) atoms. The molecule has 9 nitrogen and oxygen atoms in total. The van der Waals surface area contributed by atoms with Crippen molar-refractivity contribution < 1.29 is 18.0 Å². The monoisotopic (exact) mass is 435 g/mol. The first kappa shape index (κ1) is 21.2. The van der Waals surface area contributed by atoms with Crippen molar-refractivity contribution in [3.05, 3.63) is 35.3 Å². The number of sulfonamides is 1. The standard InChI is InChI=1S/C20H29N5O4S/c1-14-8-19(24-6-4-23(5-7-24)10-16(3)26)21-9-18(14)30(27,28)25-11-17(12-25)20-15(2)13-29-22-20/h8-9,13,16-17,26H,4-7,10-12H2,1-3H3/t16-/m1/s1. The zero-order chi connectivity index (χ0) is 21.5. The highest BCUT2D eigenvalue weighted by Crippen LogP contribution is 2.33. The molecule has 2 fully saturated rings. The van der Waals surface area contributed by atoms with Gasteiger partial charge in [-0.25, -0.2) is 13.4 Å². The lowest BCUT2D eigenvalue weighted by molar-refractivity contribution is 0.122. The Bertz CT molecular complexity index is 992. The molecule has 2 saturated heterocycles. The van der Waals surface area contributed by atoms with Gasteiger partial charge >= 0.3 is 0 Å². The number of β-amino-alcohol motifs (C(OH)–C–C–N with tert-alkyl or cyclic N) is 1. The molecular formula is C20H29N5O4S. The van der Waals surface area contributed by atoms with Crippen LogP contribution >= 0.6 is 0 Å². The van der Waals surface area contributed by atoms with Gasteiger partial charge in [-0.1, -0.05) is 5.16 Å². The summed E-state index contributed by atoms with van der Waals surface area (Å²) >= 11 is 0. The van der Waals surface area contributed by atoms with Crippen molar-refractivity contribution in [2.24, 2.45) is 0 Å². The molecule has 0 aliphatic carbocycles. The number of piperazine rings is 1. The molecule has 2 aromatic heterocycles. The minimum absolute atomic E-state index is 0.0731. The Labute approximate surface area is 177 Å². The van der Waals surface area contributed by atoms with Gasteiger partial charge in [0.25, 0.3) is 0 Å². The third kappa shape index (κ3) is 4.09. The van der Waals surface area contributed by atoms with Crippen LogP contribution < -0.4 is 4.90 Å². The molecule has 0 amide bonds. The SMILES string of the molecule is Cc1cc(N2CCN(C[C@@H](C)O)CC2)ncc1S(=O)(=O)N1CC(c2nocc2C)C1. The fraction of sp³-hybridized carbons (Fsp3) is 0.600. The molecule has 0 spiro atoms. The van der Waals surface area contributed by atoms with E-state index in [4.69, 9.17) is 4.52 Å². The predicted molar refractivity (Wildman–Crippen MR) is 112 cm³/mol. The Hall–Kier alpha value is -2.01. The van der Waals surface area contributed by atoms with Crippen LogP contribution in [0.15, 0.2) is 27.9 Å². The van der Waals surface area contributed by atoms with E-state index < -0.39 is 10.0 Å². The molecule has 2 aliphatic rings. The van der Waals surface area contributed by atoms with Crippen LogP contribution in [0.4, 0.5) is 5.82 Å². The van der Waals surface area contributed by atoms with Crippen LogP contribution in [0.3, 0.4) is 0 Å². The van der Waals surface area contributed by atoms with Crippen LogP contribution in [-0.4, -0.2) is 84.8 Å². The van der Waals surface area contributed by atoms with Gasteiger partial charge in [0.2, 0.25) is 10.0 Å². The van der Waals surface area contributed by atoms with Gasteiger partial charge in [-0.05, 0) is 32.4 Å². The number of anilines is 1. The first-order valence-corrected chi connectivity index (χ1v) is 11.7. The number of aliphatic hydroxyl groups excluding tert-OH is 1. The fourth-order valence-electron chi connectivity index (χ4n) is 4.14. The maximum absolute atomic E-state index is 13.1. The third-order valence-corrected chi connectivity index (χ3v) is 7.87. The first-order chi connectivity index (χ1) is 14.3. The minimum atomic E-state index is -3.58. The maximum Gasteiger partial charge on any atom is 0.244 e. The zero-order valence-corrected chi connectivity index (χ0v) is 18.5. The van der Waals surface area contributed by atoms with E-state index in [9.17, 15) is 13.5 Å². The topological polar surface area (TPSA) is 103 Å². The summed E-state index contributed by atoms with van der Waals surface area (Å²) in [5, 5.41) is 13.5. The largest absolute Gasteiger partial charge is 0.392 e. The van der Waals surface area contributed by atoms with Crippen LogP contribution in [0, 0.1) is 13.8 Å². The van der Waals surface area contributed by atoms with Crippen molar-refractivity contribution in [1.29, 1.82) is 0 Å². The van der Waals surface area contributed by atoms with Crippen LogP contribution in [0.5, 0.6) is 0 Å². The molecule has 0 saturated carbocycles. The molecule has 4 heterocycles. The Morgan fingerprint density at radius 1 is 1.20 bits per heavy atom. The van der Waals surface area contributed by atoms with E-state index in [0.29, 0.717) is 25.2 Å². The van der Waals surface area contributed by atoms with Crippen LogP contribution in [0.2, 0.25) is 0 Å². The normalized spacial score (nSPS) is 20.3. The molecular weight excluding hydrogens is 406 g/mol. The van der Waals surface area contributed by atoms with Crippen molar-refractivity contribution in [3.8, 4) is 0 Å². The molecule has 1 atom stereocenters. The second kappa shape index (κ2) is 8.26. The Morgan fingerprint density at radius 3 is 2.47 bits per heavy atom. The summed E-state index contributed by atoms with van der Waals surface area (Å²) in [4.78, 5) is 9.11. The van der Waals surface area contributed by atoms with E-state index in [2.05, 4.69) is 19.9 Å². The second-order valence-corrected chi connectivity index (χ2v) is 10.3. The summed E-state index contributed by atoms with van der Waals surface area (Å²) in [7, 11) is -3.58. The summed E-state index contributed by atoms with van der Waals surface area (Å²) in [5.74, 6) is 0.867. The molecule has 4 rings (SSSR count). The summed E-state index contributed by atoms with van der Waals surface area (Å²) in [6, 6.07) is 1.86. The van der Waals surface area contributed by atoms with E-state index in [-0.39, 0.29) is 16.9 Å². The van der Waals surface area contributed by atoms with Gasteiger partial charge in [-0.15, -0.1) is 0 Å². The average molecular weight is 436 g/mol. The number of hydrogen-bond donors (Lipinski definition) is 1. The number of aryl methyl sites for hydroxylation is 2. The van der Waals surface area contributed by atoms with E-state index in [1.54, 1.807) is 13.2 Å². The average Bonchev–Trinajstić information content (AvgIpc) is 3.06. The van der Waals surface area contributed by atoms with Gasteiger partial charge in [0.1, 0.15) is 17.0 Å². The second-order valence-electron chi connectivity index (χ2n) is 8.35. The molecule has 1 N–H and O–H groups in total. The van der Waals surface area contributed by atoms with Crippen LogP contribution in [0.1, 0.15) is 29.7 Å². The van der Waals surface area contributed by atoms with E-state index in [1.165, 1.54) is 10.5 Å². The number of aliphatic hydroxyl groups is 1. The van der Waals surface area contributed by atoms with Gasteiger partial charge in [0.05, 0.1) is 11.8 Å². The highest BCUT2D eigenvalue weighted by Gasteiger charge is 2.40. The lowest BCUT2D eigenvalue weighted by Crippen LogP contribution is -2.49. The Morgan fingerprint density at radius 2 is 1.90 bits per heavy atom. The Balaban J connectivity index is 1.41. The van der Waals surface area contributed by atoms with Gasteiger partial charge < -0.3 is 14.5 Å². The van der Waals surface area contributed by atoms with Crippen LogP contribution in [0.25, 0.3) is 0 Å². The highest BCUT2D eigenvalue weighted by atomic mass is 32.2. The van der Waals surface area contributed by atoms with Crippen molar-refractivity contribution >= 4 is 15.8 Å². The number of rotatable bonds is 6. The quantitative estimate of drug-likeness (QED) is 0.716. The van der Waals surface area contributed by atoms with Crippen molar-refractivity contribution in [1.82, 2.24) is 19.3 Å². The number of nitrogens with zero attached hydrogens (tertiary/aromatic N) is 5. The molecule has 0 radical (unpaired) electrons. The van der Waals surface area contributed by atoms with Crippen molar-refractivity contribution in [2.75, 3.05) is 50.7 Å². The summed E-state index contributed by atoms with van der Waals surface area (Å²) in [6.07, 6.45) is 2.73. The van der Waals surface area contributed by atoms with Gasteiger partial charge in [0, 0.05) is 63.5 Å². The van der Waals surface area contributed by atoms with E-state index >= 15 is 0 Å². The molecule has 2 aromatic rings. The maximum atomic E-state index is 13.1. The molecule has 0 aromatic carbocycles. The van der Waals surface area contributed by atoms with Crippen molar-refractivity contribution in [2.45, 2.75) is 37.7 Å². The van der Waals surface area contributed by atoms with Gasteiger partial charge in [-0.2, -0.15) is 4.31 Å². The molecule has 0 unspecified atom stereocenters. The number of aromatic nitrogens is 2. The zero-order valence-electron chi connectivity index (χ0n) is 17.7. The summed E-state index contributed by atoms with van der Waals surface area (Å²) in [5.41, 5.74) is 2.49. The highest BCUT2D eigenvalue weighted by molar-refractivity contribution is 7.89.